The average Bonchev–Trinajstić information content (AvgIpc) is 3.43. The van der Waals surface area contributed by atoms with Crippen molar-refractivity contribution in [3.05, 3.63) is 158 Å². The summed E-state index contributed by atoms with van der Waals surface area (Å²) in [5, 5.41) is 8.59. The number of fused-ring (bicyclic) bond motifs is 9. The molecule has 0 atom stereocenters. The summed E-state index contributed by atoms with van der Waals surface area (Å²) in [5.74, 6) is 0. The lowest BCUT2D eigenvalue weighted by molar-refractivity contribution is 1.18. The number of nitrogens with zero attached hydrogens (tertiary/aromatic N) is 2. The van der Waals surface area contributed by atoms with Crippen molar-refractivity contribution in [1.82, 2.24) is 9.55 Å². The molecule has 0 unspecified atom stereocenters. The molecule has 0 aliphatic heterocycles. The zero-order chi connectivity index (χ0) is 28.3. The van der Waals surface area contributed by atoms with Gasteiger partial charge < -0.3 is 4.57 Å². The summed E-state index contributed by atoms with van der Waals surface area (Å²) in [6.45, 7) is 0. The molecule has 43 heavy (non-hydrogen) atoms. The number of benzene rings is 7. The molecule has 9 aromatic rings. The Labute approximate surface area is 249 Å². The van der Waals surface area contributed by atoms with E-state index in [-0.39, 0.29) is 0 Å². The normalized spacial score (nSPS) is 11.7. The molecule has 0 aliphatic carbocycles. The van der Waals surface area contributed by atoms with Crippen molar-refractivity contribution in [2.45, 2.75) is 0 Å². The van der Waals surface area contributed by atoms with Gasteiger partial charge in [0.2, 0.25) is 0 Å². The highest BCUT2D eigenvalue weighted by Gasteiger charge is 2.18. The summed E-state index contributed by atoms with van der Waals surface area (Å²) in [4.78, 5) is 5.54. The smallest absolute Gasteiger partial charge is 0.0794 e. The Bertz CT molecular complexity index is 2450. The lowest BCUT2D eigenvalue weighted by Gasteiger charge is -2.16. The SMILES string of the molecule is c1ccc(-c2cc3c4ccccc4c4ccccc4c3nc2-c2cccc(-n3c4ccccc4c4ccccc43)c2)cc1. The Hall–Kier alpha value is -5.73. The summed E-state index contributed by atoms with van der Waals surface area (Å²) >= 11 is 0. The Morgan fingerprint density at radius 1 is 0.372 bits per heavy atom. The van der Waals surface area contributed by atoms with Crippen LogP contribution >= 0.6 is 0 Å². The number of hydrogen-bond donors (Lipinski definition) is 0. The number of rotatable bonds is 3. The maximum Gasteiger partial charge on any atom is 0.0794 e. The first-order chi connectivity index (χ1) is 21.3. The number of para-hydroxylation sites is 2. The van der Waals surface area contributed by atoms with E-state index >= 15 is 0 Å². The first kappa shape index (κ1) is 23.9. The molecule has 0 amide bonds. The van der Waals surface area contributed by atoms with Crippen LogP contribution in [0.25, 0.3) is 82.3 Å². The van der Waals surface area contributed by atoms with E-state index in [1.807, 2.05) is 0 Å². The molecule has 0 radical (unpaired) electrons. The van der Waals surface area contributed by atoms with Crippen LogP contribution < -0.4 is 0 Å². The molecule has 0 N–H and O–H groups in total. The molecule has 2 heterocycles. The van der Waals surface area contributed by atoms with Crippen LogP contribution in [-0.4, -0.2) is 9.55 Å². The maximum absolute atomic E-state index is 5.54. The van der Waals surface area contributed by atoms with Crippen LogP contribution in [0.3, 0.4) is 0 Å². The fourth-order valence-corrected chi connectivity index (χ4v) is 6.85. The van der Waals surface area contributed by atoms with E-state index in [9.17, 15) is 0 Å². The first-order valence-electron chi connectivity index (χ1n) is 14.7. The van der Waals surface area contributed by atoms with Gasteiger partial charge in [-0.3, -0.25) is 0 Å². The van der Waals surface area contributed by atoms with E-state index in [0.717, 1.165) is 33.6 Å². The topological polar surface area (TPSA) is 17.8 Å². The van der Waals surface area contributed by atoms with Crippen molar-refractivity contribution in [3.8, 4) is 28.1 Å². The second kappa shape index (κ2) is 9.40. The summed E-state index contributed by atoms with van der Waals surface area (Å²) in [6, 6.07) is 56.6. The van der Waals surface area contributed by atoms with Crippen molar-refractivity contribution in [2.75, 3.05) is 0 Å². The van der Waals surface area contributed by atoms with E-state index in [2.05, 4.69) is 162 Å². The number of pyridine rings is 1. The molecule has 2 nitrogen and oxygen atoms in total. The van der Waals surface area contributed by atoms with Gasteiger partial charge in [-0.1, -0.05) is 127 Å². The quantitative estimate of drug-likeness (QED) is 0.202. The van der Waals surface area contributed by atoms with Crippen LogP contribution in [0.1, 0.15) is 0 Å². The van der Waals surface area contributed by atoms with E-state index in [1.165, 1.54) is 48.7 Å². The van der Waals surface area contributed by atoms with Crippen molar-refractivity contribution in [1.29, 1.82) is 0 Å². The third kappa shape index (κ3) is 3.63. The van der Waals surface area contributed by atoms with Gasteiger partial charge in [-0.15, -0.1) is 0 Å². The Balaban J connectivity index is 1.37. The van der Waals surface area contributed by atoms with Crippen LogP contribution in [0, 0.1) is 0 Å². The number of hydrogen-bond acceptors (Lipinski definition) is 1. The largest absolute Gasteiger partial charge is 0.309 e. The van der Waals surface area contributed by atoms with Crippen LogP contribution in [-0.2, 0) is 0 Å². The molecule has 0 bridgehead atoms. The van der Waals surface area contributed by atoms with Crippen molar-refractivity contribution in [3.63, 3.8) is 0 Å². The molecule has 0 saturated heterocycles. The third-order valence-electron chi connectivity index (χ3n) is 8.75. The van der Waals surface area contributed by atoms with Gasteiger partial charge in [0.25, 0.3) is 0 Å². The maximum atomic E-state index is 5.54. The fourth-order valence-electron chi connectivity index (χ4n) is 6.85. The standard InChI is InChI=1S/C41H26N2/c1-2-13-27(14-3-1)36-26-37-32-19-5-4-17-30(32)31-18-6-7-22-35(31)41(37)42-40(36)28-15-12-16-29(25-28)43-38-23-10-8-20-33(38)34-21-9-11-24-39(34)43/h1-26H. The van der Waals surface area contributed by atoms with Gasteiger partial charge in [-0.05, 0) is 52.1 Å². The van der Waals surface area contributed by atoms with E-state index in [4.69, 9.17) is 4.98 Å². The summed E-state index contributed by atoms with van der Waals surface area (Å²) in [7, 11) is 0. The zero-order valence-corrected chi connectivity index (χ0v) is 23.4. The minimum Gasteiger partial charge on any atom is -0.309 e. The minimum absolute atomic E-state index is 0.988. The third-order valence-corrected chi connectivity index (χ3v) is 8.75. The second-order valence-electron chi connectivity index (χ2n) is 11.2. The van der Waals surface area contributed by atoms with Gasteiger partial charge >= 0.3 is 0 Å². The molecule has 0 saturated carbocycles. The number of aromatic nitrogens is 2. The molecule has 0 fully saturated rings. The van der Waals surface area contributed by atoms with Crippen LogP contribution in [0.4, 0.5) is 0 Å². The highest BCUT2D eigenvalue weighted by molar-refractivity contribution is 6.25. The summed E-state index contributed by atoms with van der Waals surface area (Å²) in [5.41, 5.74) is 8.94. The predicted molar refractivity (Wildman–Crippen MR) is 182 cm³/mol. The van der Waals surface area contributed by atoms with Crippen LogP contribution in [0.5, 0.6) is 0 Å². The van der Waals surface area contributed by atoms with Crippen LogP contribution in [0.2, 0.25) is 0 Å². The zero-order valence-electron chi connectivity index (χ0n) is 23.4. The lowest BCUT2D eigenvalue weighted by atomic mass is 9.92. The van der Waals surface area contributed by atoms with Gasteiger partial charge in [-0.2, -0.15) is 0 Å². The van der Waals surface area contributed by atoms with Gasteiger partial charge in [-0.25, -0.2) is 4.98 Å². The molecule has 9 rings (SSSR count). The molecule has 2 heteroatoms. The van der Waals surface area contributed by atoms with Crippen molar-refractivity contribution >= 4 is 54.3 Å². The Morgan fingerprint density at radius 3 is 1.56 bits per heavy atom. The van der Waals surface area contributed by atoms with Gasteiger partial charge in [0.05, 0.1) is 22.2 Å². The van der Waals surface area contributed by atoms with Crippen LogP contribution in [0.15, 0.2) is 158 Å². The molecule has 0 aliphatic rings. The van der Waals surface area contributed by atoms with Crippen molar-refractivity contribution in [2.24, 2.45) is 0 Å². The highest BCUT2D eigenvalue weighted by Crippen LogP contribution is 2.41. The predicted octanol–water partition coefficient (Wildman–Crippen LogP) is 11.0. The van der Waals surface area contributed by atoms with Gasteiger partial charge in [0.1, 0.15) is 0 Å². The average molecular weight is 547 g/mol. The van der Waals surface area contributed by atoms with E-state index in [0.29, 0.717) is 0 Å². The summed E-state index contributed by atoms with van der Waals surface area (Å²) in [6.07, 6.45) is 0. The van der Waals surface area contributed by atoms with E-state index < -0.39 is 0 Å². The van der Waals surface area contributed by atoms with Gasteiger partial charge in [0.15, 0.2) is 0 Å². The molecule has 0 spiro atoms. The fraction of sp³-hybridized carbons (Fsp3) is 0. The first-order valence-corrected chi connectivity index (χ1v) is 14.7. The minimum atomic E-state index is 0.988. The van der Waals surface area contributed by atoms with Gasteiger partial charge in [0, 0.05) is 38.4 Å². The molecular weight excluding hydrogens is 520 g/mol. The highest BCUT2D eigenvalue weighted by atomic mass is 15.0. The van der Waals surface area contributed by atoms with Crippen molar-refractivity contribution < 1.29 is 0 Å². The Kier molecular flexibility index (Phi) is 5.23. The molecular formula is C41H26N2. The molecule has 2 aromatic heterocycles. The summed E-state index contributed by atoms with van der Waals surface area (Å²) < 4.78 is 2.38. The molecule has 7 aromatic carbocycles. The second-order valence-corrected chi connectivity index (χ2v) is 11.2. The monoisotopic (exact) mass is 546 g/mol. The molecule has 200 valence electrons. The van der Waals surface area contributed by atoms with E-state index in [1.54, 1.807) is 0 Å². The Morgan fingerprint density at radius 2 is 0.884 bits per heavy atom. The lowest BCUT2D eigenvalue weighted by Crippen LogP contribution is -1.97.